The van der Waals surface area contributed by atoms with Crippen LogP contribution < -0.4 is 5.32 Å². The van der Waals surface area contributed by atoms with Crippen molar-refractivity contribution >= 4 is 21.4 Å². The number of hydrogen-bond acceptors (Lipinski definition) is 4. The van der Waals surface area contributed by atoms with Crippen molar-refractivity contribution in [3.05, 3.63) is 36.9 Å². The standard InChI is InChI=1S/C14H19NO4S/c1-4-5-10-19-11(2)14(16)15-12-6-8-13(9-7-12)20(3,17)18/h4,6-9,11H,1,5,10H2,2-3H3,(H,15,16). The van der Waals surface area contributed by atoms with Crippen LogP contribution in [0.2, 0.25) is 0 Å². The van der Waals surface area contributed by atoms with Gasteiger partial charge in [-0.15, -0.1) is 6.58 Å². The first kappa shape index (κ1) is 16.4. The summed E-state index contributed by atoms with van der Waals surface area (Å²) in [6, 6.07) is 6.00. The van der Waals surface area contributed by atoms with Crippen LogP contribution in [0.5, 0.6) is 0 Å². The quantitative estimate of drug-likeness (QED) is 0.617. The van der Waals surface area contributed by atoms with Crippen LogP contribution >= 0.6 is 0 Å². The Morgan fingerprint density at radius 2 is 2.00 bits per heavy atom. The lowest BCUT2D eigenvalue weighted by atomic mass is 10.3. The maximum atomic E-state index is 11.8. The minimum absolute atomic E-state index is 0.214. The van der Waals surface area contributed by atoms with Crippen molar-refractivity contribution in [2.45, 2.75) is 24.3 Å². The number of amides is 1. The maximum absolute atomic E-state index is 11.8. The van der Waals surface area contributed by atoms with E-state index in [2.05, 4.69) is 11.9 Å². The molecular weight excluding hydrogens is 278 g/mol. The number of carbonyl (C=O) groups is 1. The van der Waals surface area contributed by atoms with E-state index >= 15 is 0 Å². The monoisotopic (exact) mass is 297 g/mol. The number of carbonyl (C=O) groups excluding carboxylic acids is 1. The van der Waals surface area contributed by atoms with Crippen LogP contribution in [-0.2, 0) is 19.4 Å². The van der Waals surface area contributed by atoms with Gasteiger partial charge >= 0.3 is 0 Å². The van der Waals surface area contributed by atoms with E-state index in [1.54, 1.807) is 25.1 Å². The van der Waals surface area contributed by atoms with Crippen LogP contribution in [0.15, 0.2) is 41.8 Å². The van der Waals surface area contributed by atoms with Gasteiger partial charge < -0.3 is 10.1 Å². The Hall–Kier alpha value is -1.66. The van der Waals surface area contributed by atoms with Crippen molar-refractivity contribution < 1.29 is 17.9 Å². The molecular formula is C14H19NO4S. The van der Waals surface area contributed by atoms with Crippen LogP contribution in [0.3, 0.4) is 0 Å². The van der Waals surface area contributed by atoms with Gasteiger partial charge in [-0.2, -0.15) is 0 Å². The van der Waals surface area contributed by atoms with Crippen LogP contribution in [-0.4, -0.2) is 33.3 Å². The van der Waals surface area contributed by atoms with Crippen LogP contribution in [0.4, 0.5) is 5.69 Å². The van der Waals surface area contributed by atoms with Gasteiger partial charge in [0.1, 0.15) is 6.10 Å². The van der Waals surface area contributed by atoms with Crippen LogP contribution in [0.25, 0.3) is 0 Å². The molecule has 1 aromatic rings. The molecule has 0 aromatic heterocycles. The molecule has 1 N–H and O–H groups in total. The van der Waals surface area contributed by atoms with E-state index in [0.717, 1.165) is 6.26 Å². The molecule has 1 unspecified atom stereocenters. The van der Waals surface area contributed by atoms with Gasteiger partial charge in [0.05, 0.1) is 11.5 Å². The first-order valence-corrected chi connectivity index (χ1v) is 8.07. The topological polar surface area (TPSA) is 72.5 Å². The van der Waals surface area contributed by atoms with Gasteiger partial charge in [0.25, 0.3) is 5.91 Å². The molecule has 5 nitrogen and oxygen atoms in total. The van der Waals surface area contributed by atoms with E-state index in [9.17, 15) is 13.2 Å². The Bertz CT molecular complexity index is 563. The molecule has 1 rings (SSSR count). The molecule has 1 atom stereocenters. The van der Waals surface area contributed by atoms with Crippen LogP contribution in [0.1, 0.15) is 13.3 Å². The number of ether oxygens (including phenoxy) is 1. The Balaban J connectivity index is 2.60. The highest BCUT2D eigenvalue weighted by molar-refractivity contribution is 7.90. The van der Waals surface area contributed by atoms with E-state index in [1.165, 1.54) is 12.1 Å². The maximum Gasteiger partial charge on any atom is 0.253 e. The number of nitrogens with one attached hydrogen (secondary N) is 1. The molecule has 0 aliphatic carbocycles. The van der Waals surface area contributed by atoms with Crippen LogP contribution in [0, 0.1) is 0 Å². The molecule has 0 saturated carbocycles. The summed E-state index contributed by atoms with van der Waals surface area (Å²) in [5, 5.41) is 2.66. The highest BCUT2D eigenvalue weighted by Crippen LogP contribution is 2.14. The van der Waals surface area contributed by atoms with Crippen molar-refractivity contribution in [2.24, 2.45) is 0 Å². The number of anilines is 1. The van der Waals surface area contributed by atoms with Crippen molar-refractivity contribution in [3.63, 3.8) is 0 Å². The van der Waals surface area contributed by atoms with Crippen molar-refractivity contribution in [2.75, 3.05) is 18.2 Å². The fourth-order valence-electron chi connectivity index (χ4n) is 1.43. The summed E-state index contributed by atoms with van der Waals surface area (Å²) in [6.45, 7) is 5.66. The fourth-order valence-corrected chi connectivity index (χ4v) is 2.06. The van der Waals surface area contributed by atoms with E-state index in [-0.39, 0.29) is 10.8 Å². The molecule has 0 aliphatic rings. The Morgan fingerprint density at radius 1 is 1.40 bits per heavy atom. The lowest BCUT2D eigenvalue weighted by Gasteiger charge is -2.13. The third kappa shape index (κ3) is 5.14. The van der Waals surface area contributed by atoms with Gasteiger partial charge in [0.2, 0.25) is 0 Å². The molecule has 0 spiro atoms. The van der Waals surface area contributed by atoms with Gasteiger partial charge in [-0.1, -0.05) is 6.08 Å². The zero-order chi connectivity index (χ0) is 15.2. The minimum atomic E-state index is -3.23. The molecule has 0 saturated heterocycles. The zero-order valence-corrected chi connectivity index (χ0v) is 12.4. The summed E-state index contributed by atoms with van der Waals surface area (Å²) in [4.78, 5) is 12.0. The van der Waals surface area contributed by atoms with Crippen molar-refractivity contribution in [1.29, 1.82) is 0 Å². The Morgan fingerprint density at radius 3 is 2.50 bits per heavy atom. The molecule has 0 fully saturated rings. The molecule has 0 heterocycles. The highest BCUT2D eigenvalue weighted by atomic mass is 32.2. The van der Waals surface area contributed by atoms with Crippen molar-refractivity contribution in [3.8, 4) is 0 Å². The summed E-state index contributed by atoms with van der Waals surface area (Å²) < 4.78 is 27.9. The summed E-state index contributed by atoms with van der Waals surface area (Å²) in [7, 11) is -3.23. The second kappa shape index (κ2) is 7.21. The van der Waals surface area contributed by atoms with E-state index in [0.29, 0.717) is 18.7 Å². The molecule has 0 aliphatic heterocycles. The number of sulfone groups is 1. The fraction of sp³-hybridized carbons (Fsp3) is 0.357. The predicted octanol–water partition coefficient (Wildman–Crippen LogP) is 2.01. The second-order valence-corrected chi connectivity index (χ2v) is 6.39. The average Bonchev–Trinajstić information content (AvgIpc) is 2.38. The summed E-state index contributed by atoms with van der Waals surface area (Å²) in [6.07, 6.45) is 2.95. The van der Waals surface area contributed by atoms with Gasteiger partial charge in [-0.3, -0.25) is 4.79 Å². The number of hydrogen-bond donors (Lipinski definition) is 1. The summed E-state index contributed by atoms with van der Waals surface area (Å²) >= 11 is 0. The predicted molar refractivity (Wildman–Crippen MR) is 78.4 cm³/mol. The molecule has 6 heteroatoms. The van der Waals surface area contributed by atoms with E-state index in [4.69, 9.17) is 4.74 Å². The van der Waals surface area contributed by atoms with Gasteiger partial charge in [0.15, 0.2) is 9.84 Å². The smallest absolute Gasteiger partial charge is 0.253 e. The Labute approximate surface area is 119 Å². The largest absolute Gasteiger partial charge is 0.368 e. The normalized spacial score (nSPS) is 12.7. The SMILES string of the molecule is C=CCCOC(C)C(=O)Nc1ccc(S(C)(=O)=O)cc1. The van der Waals surface area contributed by atoms with E-state index < -0.39 is 15.9 Å². The third-order valence-electron chi connectivity index (χ3n) is 2.61. The first-order valence-electron chi connectivity index (χ1n) is 6.18. The highest BCUT2D eigenvalue weighted by Gasteiger charge is 2.13. The number of benzene rings is 1. The zero-order valence-electron chi connectivity index (χ0n) is 11.6. The molecule has 1 amide bonds. The molecule has 20 heavy (non-hydrogen) atoms. The Kier molecular flexibility index (Phi) is 5.91. The molecule has 110 valence electrons. The summed E-state index contributed by atoms with van der Waals surface area (Å²) in [5.41, 5.74) is 0.529. The molecule has 0 bridgehead atoms. The molecule has 1 aromatic carbocycles. The third-order valence-corrected chi connectivity index (χ3v) is 3.74. The average molecular weight is 297 g/mol. The summed E-state index contributed by atoms with van der Waals surface area (Å²) in [5.74, 6) is -0.277. The van der Waals surface area contributed by atoms with Gasteiger partial charge in [0, 0.05) is 11.9 Å². The lowest BCUT2D eigenvalue weighted by molar-refractivity contribution is -0.126. The van der Waals surface area contributed by atoms with Gasteiger partial charge in [-0.05, 0) is 37.6 Å². The second-order valence-electron chi connectivity index (χ2n) is 4.38. The van der Waals surface area contributed by atoms with Crippen molar-refractivity contribution in [1.82, 2.24) is 0 Å². The molecule has 0 radical (unpaired) electrons. The lowest BCUT2D eigenvalue weighted by Crippen LogP contribution is -2.28. The number of rotatable bonds is 7. The first-order chi connectivity index (χ1) is 9.34. The van der Waals surface area contributed by atoms with E-state index in [1.807, 2.05) is 0 Å². The minimum Gasteiger partial charge on any atom is -0.368 e. The van der Waals surface area contributed by atoms with Gasteiger partial charge in [-0.25, -0.2) is 8.42 Å².